The Hall–Kier alpha value is -1.77. The van der Waals surface area contributed by atoms with Crippen molar-refractivity contribution in [1.82, 2.24) is 9.55 Å². The molecule has 1 aromatic heterocycles. The number of benzene rings is 1. The van der Waals surface area contributed by atoms with E-state index in [0.717, 1.165) is 11.0 Å². The highest BCUT2D eigenvalue weighted by Crippen LogP contribution is 2.08. The molecule has 1 aromatic carbocycles. The van der Waals surface area contributed by atoms with Crippen LogP contribution in [0.4, 0.5) is 0 Å². The number of aromatic amines is 1. The number of nitrogens with one attached hydrogen (secondary N) is 1. The fraction of sp³-hybridized carbons (Fsp3) is 0.100. The van der Waals surface area contributed by atoms with E-state index in [1.165, 1.54) is 0 Å². The first-order valence-corrected chi connectivity index (χ1v) is 4.11. The highest BCUT2D eigenvalue weighted by molar-refractivity contribution is 5.74. The summed E-state index contributed by atoms with van der Waals surface area (Å²) in [4.78, 5) is 14.2. The van der Waals surface area contributed by atoms with E-state index in [0.29, 0.717) is 6.54 Å². The molecule has 1 heterocycles. The summed E-state index contributed by atoms with van der Waals surface area (Å²) in [6.07, 6.45) is 1.71. The number of para-hydroxylation sites is 2. The number of fused-ring (bicyclic) bond motifs is 1. The Labute approximate surface area is 75.3 Å². The predicted octanol–water partition coefficient (Wildman–Crippen LogP) is 1.52. The zero-order valence-electron chi connectivity index (χ0n) is 7.16. The first-order chi connectivity index (χ1) is 6.33. The molecule has 1 N–H and O–H groups in total. The van der Waals surface area contributed by atoms with Crippen molar-refractivity contribution in [3.8, 4) is 0 Å². The Balaban J connectivity index is 2.78. The largest absolute Gasteiger partial charge is 0.326 e. The maximum atomic E-state index is 11.4. The molecule has 0 radical (unpaired) electrons. The van der Waals surface area contributed by atoms with Gasteiger partial charge in [0.2, 0.25) is 0 Å². The van der Waals surface area contributed by atoms with Crippen LogP contribution in [0.15, 0.2) is 41.7 Å². The highest BCUT2D eigenvalue weighted by Gasteiger charge is 2.02. The van der Waals surface area contributed by atoms with Gasteiger partial charge in [0.1, 0.15) is 0 Å². The Bertz CT molecular complexity index is 493. The molecule has 2 aromatic rings. The molecule has 0 unspecified atom stereocenters. The van der Waals surface area contributed by atoms with Gasteiger partial charge in [-0.15, -0.1) is 6.58 Å². The van der Waals surface area contributed by atoms with Crippen LogP contribution in [-0.2, 0) is 6.54 Å². The first-order valence-electron chi connectivity index (χ1n) is 4.11. The molecule has 0 fully saturated rings. The van der Waals surface area contributed by atoms with E-state index < -0.39 is 0 Å². The second kappa shape index (κ2) is 2.94. The lowest BCUT2D eigenvalue weighted by Crippen LogP contribution is -2.15. The molecular weight excluding hydrogens is 164 g/mol. The number of aromatic nitrogens is 2. The zero-order valence-corrected chi connectivity index (χ0v) is 7.16. The standard InChI is InChI=1S/C10H10N2O/c1-2-7-12-9-6-4-3-5-8(9)11-10(12)13/h2-6H,1,7H2,(H,11,13). The van der Waals surface area contributed by atoms with Gasteiger partial charge in [-0.3, -0.25) is 4.57 Å². The molecule has 0 atom stereocenters. The van der Waals surface area contributed by atoms with E-state index in [1.54, 1.807) is 10.6 Å². The number of imidazole rings is 1. The fourth-order valence-electron chi connectivity index (χ4n) is 1.42. The van der Waals surface area contributed by atoms with Crippen molar-refractivity contribution >= 4 is 11.0 Å². The van der Waals surface area contributed by atoms with Gasteiger partial charge in [-0.25, -0.2) is 4.79 Å². The normalized spacial score (nSPS) is 10.5. The first kappa shape index (κ1) is 7.86. The van der Waals surface area contributed by atoms with E-state index >= 15 is 0 Å². The SMILES string of the molecule is C=CCn1c(=O)[nH]c2ccccc21. The second-order valence-corrected chi connectivity index (χ2v) is 2.85. The lowest BCUT2D eigenvalue weighted by Gasteiger charge is -1.96. The van der Waals surface area contributed by atoms with Crippen LogP contribution in [0.5, 0.6) is 0 Å². The summed E-state index contributed by atoms with van der Waals surface area (Å²) in [6, 6.07) is 7.61. The quantitative estimate of drug-likeness (QED) is 0.688. The Kier molecular flexibility index (Phi) is 1.77. The Morgan fingerprint density at radius 3 is 3.00 bits per heavy atom. The van der Waals surface area contributed by atoms with Crippen molar-refractivity contribution in [1.29, 1.82) is 0 Å². The van der Waals surface area contributed by atoms with Gasteiger partial charge in [0.05, 0.1) is 11.0 Å². The molecule has 0 bridgehead atoms. The summed E-state index contributed by atoms with van der Waals surface area (Å²) >= 11 is 0. The lowest BCUT2D eigenvalue weighted by molar-refractivity contribution is 0.809. The summed E-state index contributed by atoms with van der Waals surface area (Å²) in [6.45, 7) is 4.15. The summed E-state index contributed by atoms with van der Waals surface area (Å²) in [7, 11) is 0. The maximum absolute atomic E-state index is 11.4. The van der Waals surface area contributed by atoms with Crippen LogP contribution in [-0.4, -0.2) is 9.55 Å². The fourth-order valence-corrected chi connectivity index (χ4v) is 1.42. The molecule has 0 aliphatic carbocycles. The summed E-state index contributed by atoms with van der Waals surface area (Å²) in [5, 5.41) is 0. The summed E-state index contributed by atoms with van der Waals surface area (Å²) < 4.78 is 1.66. The minimum atomic E-state index is -0.0823. The smallest absolute Gasteiger partial charge is 0.306 e. The van der Waals surface area contributed by atoms with E-state index in [2.05, 4.69) is 11.6 Å². The van der Waals surface area contributed by atoms with Gasteiger partial charge in [0.25, 0.3) is 0 Å². The van der Waals surface area contributed by atoms with Crippen LogP contribution in [0.2, 0.25) is 0 Å². The summed E-state index contributed by atoms with van der Waals surface area (Å²) in [5.41, 5.74) is 1.71. The molecule has 0 aliphatic rings. The number of hydrogen-bond donors (Lipinski definition) is 1. The highest BCUT2D eigenvalue weighted by atomic mass is 16.1. The van der Waals surface area contributed by atoms with Crippen molar-refractivity contribution < 1.29 is 0 Å². The molecular formula is C10H10N2O. The van der Waals surface area contributed by atoms with Gasteiger partial charge in [0, 0.05) is 6.54 Å². The average molecular weight is 174 g/mol. The van der Waals surface area contributed by atoms with Crippen molar-refractivity contribution in [3.63, 3.8) is 0 Å². The van der Waals surface area contributed by atoms with Gasteiger partial charge < -0.3 is 4.98 Å². The molecule has 0 saturated heterocycles. The summed E-state index contributed by atoms with van der Waals surface area (Å²) in [5.74, 6) is 0. The topological polar surface area (TPSA) is 37.8 Å². The molecule has 66 valence electrons. The molecule has 0 spiro atoms. The van der Waals surface area contributed by atoms with Crippen molar-refractivity contribution in [2.75, 3.05) is 0 Å². The minimum Gasteiger partial charge on any atom is -0.306 e. The van der Waals surface area contributed by atoms with E-state index in [1.807, 2.05) is 24.3 Å². The minimum absolute atomic E-state index is 0.0823. The van der Waals surface area contributed by atoms with Gasteiger partial charge in [0.15, 0.2) is 0 Å². The van der Waals surface area contributed by atoms with Crippen LogP contribution in [0.3, 0.4) is 0 Å². The molecule has 0 aliphatic heterocycles. The average Bonchev–Trinajstić information content (AvgIpc) is 2.44. The van der Waals surface area contributed by atoms with Crippen molar-refractivity contribution in [3.05, 3.63) is 47.4 Å². The van der Waals surface area contributed by atoms with E-state index in [-0.39, 0.29) is 5.69 Å². The van der Waals surface area contributed by atoms with Crippen LogP contribution >= 0.6 is 0 Å². The lowest BCUT2D eigenvalue weighted by atomic mass is 10.3. The number of nitrogens with zero attached hydrogens (tertiary/aromatic N) is 1. The van der Waals surface area contributed by atoms with Crippen molar-refractivity contribution in [2.45, 2.75) is 6.54 Å². The van der Waals surface area contributed by atoms with Gasteiger partial charge >= 0.3 is 5.69 Å². The number of allylic oxidation sites excluding steroid dienone is 1. The zero-order chi connectivity index (χ0) is 9.26. The van der Waals surface area contributed by atoms with E-state index in [4.69, 9.17) is 0 Å². The number of rotatable bonds is 2. The van der Waals surface area contributed by atoms with Crippen LogP contribution in [0, 0.1) is 0 Å². The monoisotopic (exact) mass is 174 g/mol. The third-order valence-corrected chi connectivity index (χ3v) is 1.99. The predicted molar refractivity (Wildman–Crippen MR) is 52.8 cm³/mol. The molecule has 2 rings (SSSR count). The molecule has 13 heavy (non-hydrogen) atoms. The van der Waals surface area contributed by atoms with Crippen LogP contribution in [0.1, 0.15) is 0 Å². The molecule has 0 amide bonds. The van der Waals surface area contributed by atoms with Gasteiger partial charge in [-0.1, -0.05) is 18.2 Å². The van der Waals surface area contributed by atoms with Gasteiger partial charge in [-0.05, 0) is 12.1 Å². The van der Waals surface area contributed by atoms with E-state index in [9.17, 15) is 4.79 Å². The Morgan fingerprint density at radius 2 is 2.23 bits per heavy atom. The molecule has 0 saturated carbocycles. The molecule has 3 nitrogen and oxygen atoms in total. The number of H-pyrrole nitrogens is 1. The number of hydrogen-bond acceptors (Lipinski definition) is 1. The second-order valence-electron chi connectivity index (χ2n) is 2.85. The van der Waals surface area contributed by atoms with Gasteiger partial charge in [-0.2, -0.15) is 0 Å². The third kappa shape index (κ3) is 1.18. The molecule has 3 heteroatoms. The van der Waals surface area contributed by atoms with Crippen LogP contribution < -0.4 is 5.69 Å². The third-order valence-electron chi connectivity index (χ3n) is 1.99. The van der Waals surface area contributed by atoms with Crippen LogP contribution in [0.25, 0.3) is 11.0 Å². The van der Waals surface area contributed by atoms with Crippen molar-refractivity contribution in [2.24, 2.45) is 0 Å². The Morgan fingerprint density at radius 1 is 1.46 bits per heavy atom. The maximum Gasteiger partial charge on any atom is 0.326 e.